The highest BCUT2D eigenvalue weighted by Gasteiger charge is 2.41. The molecule has 2 heterocycles. The Morgan fingerprint density at radius 2 is 2.35 bits per heavy atom. The summed E-state index contributed by atoms with van der Waals surface area (Å²) in [7, 11) is 0. The molecule has 1 aliphatic heterocycles. The maximum Gasteiger partial charge on any atom is 0.306 e. The van der Waals surface area contributed by atoms with Crippen LogP contribution in [0.1, 0.15) is 37.4 Å². The van der Waals surface area contributed by atoms with Gasteiger partial charge in [-0.3, -0.25) is 4.79 Å². The zero-order chi connectivity index (χ0) is 16.4. The summed E-state index contributed by atoms with van der Waals surface area (Å²) < 4.78 is 6.03. The Kier molecular flexibility index (Phi) is 4.46. The summed E-state index contributed by atoms with van der Waals surface area (Å²) in [4.78, 5) is 14.8. The molecule has 0 bridgehead atoms. The molecule has 0 fully saturated rings. The van der Waals surface area contributed by atoms with Gasteiger partial charge in [0.2, 0.25) is 0 Å². The average molecular weight is 334 g/mol. The van der Waals surface area contributed by atoms with Gasteiger partial charge in [0.15, 0.2) is 0 Å². The van der Waals surface area contributed by atoms with Crippen LogP contribution < -0.4 is 0 Å². The van der Waals surface area contributed by atoms with E-state index in [0.29, 0.717) is 18.1 Å². The molecule has 1 aromatic heterocycles. The standard InChI is InChI=1S/C18H20ClNO3/c1-2-3-4-9-18(11-15(21)22)17-13(8-10-23-18)12-6-5-7-14(19)16(12)20-17/h2-3,5-7,20H,4,8-11H2,1H3,(H,21,22)/b3-2+. The maximum atomic E-state index is 11.5. The molecule has 1 atom stereocenters. The number of aliphatic carboxylic acids is 1. The van der Waals surface area contributed by atoms with Crippen molar-refractivity contribution in [1.29, 1.82) is 0 Å². The SMILES string of the molecule is C/C=C/CCC1(CC(=O)O)OCCc2c1[nH]c1c(Cl)cccc21. The van der Waals surface area contributed by atoms with Crippen LogP contribution in [0.2, 0.25) is 5.02 Å². The molecule has 2 N–H and O–H groups in total. The zero-order valence-electron chi connectivity index (χ0n) is 13.1. The fraction of sp³-hybridized carbons (Fsp3) is 0.389. The predicted octanol–water partition coefficient (Wildman–Crippen LogP) is 4.42. The van der Waals surface area contributed by atoms with Gasteiger partial charge in [0.25, 0.3) is 0 Å². The molecule has 0 amide bonds. The van der Waals surface area contributed by atoms with Crippen molar-refractivity contribution in [3.63, 3.8) is 0 Å². The quantitative estimate of drug-likeness (QED) is 0.796. The molecule has 1 unspecified atom stereocenters. The van der Waals surface area contributed by atoms with Crippen molar-refractivity contribution in [2.24, 2.45) is 0 Å². The number of fused-ring (bicyclic) bond motifs is 3. The largest absolute Gasteiger partial charge is 0.481 e. The minimum Gasteiger partial charge on any atom is -0.481 e. The van der Waals surface area contributed by atoms with E-state index in [9.17, 15) is 9.90 Å². The number of nitrogens with one attached hydrogen (secondary N) is 1. The Morgan fingerprint density at radius 1 is 1.52 bits per heavy atom. The minimum absolute atomic E-state index is 0.0536. The lowest BCUT2D eigenvalue weighted by Crippen LogP contribution is -2.37. The summed E-state index contributed by atoms with van der Waals surface area (Å²) in [6.07, 6.45) is 6.12. The zero-order valence-corrected chi connectivity index (χ0v) is 13.8. The van der Waals surface area contributed by atoms with E-state index < -0.39 is 11.6 Å². The van der Waals surface area contributed by atoms with Gasteiger partial charge in [-0.2, -0.15) is 0 Å². The van der Waals surface area contributed by atoms with Gasteiger partial charge < -0.3 is 14.8 Å². The third kappa shape index (κ3) is 2.89. The van der Waals surface area contributed by atoms with Crippen molar-refractivity contribution < 1.29 is 14.6 Å². The number of para-hydroxylation sites is 1. The first-order chi connectivity index (χ1) is 11.1. The number of benzene rings is 1. The number of hydrogen-bond donors (Lipinski definition) is 2. The number of aromatic amines is 1. The first kappa shape index (κ1) is 16.1. The summed E-state index contributed by atoms with van der Waals surface area (Å²) in [6, 6.07) is 5.79. The molecule has 1 aliphatic rings. The van der Waals surface area contributed by atoms with Crippen LogP contribution in [-0.2, 0) is 21.6 Å². The van der Waals surface area contributed by atoms with E-state index >= 15 is 0 Å². The topological polar surface area (TPSA) is 62.3 Å². The molecular formula is C18H20ClNO3. The molecule has 122 valence electrons. The van der Waals surface area contributed by atoms with E-state index in [1.54, 1.807) is 0 Å². The van der Waals surface area contributed by atoms with E-state index in [-0.39, 0.29) is 6.42 Å². The average Bonchev–Trinajstić information content (AvgIpc) is 2.89. The molecule has 23 heavy (non-hydrogen) atoms. The van der Waals surface area contributed by atoms with Gasteiger partial charge in [0.05, 0.1) is 29.3 Å². The number of rotatable bonds is 5. The third-order valence-corrected chi connectivity index (χ3v) is 4.78. The Hall–Kier alpha value is -1.78. The summed E-state index contributed by atoms with van der Waals surface area (Å²) in [5.41, 5.74) is 2.06. The number of halogens is 1. The molecule has 0 saturated heterocycles. The molecule has 1 aromatic carbocycles. The van der Waals surface area contributed by atoms with Crippen molar-refractivity contribution in [3.05, 3.63) is 46.6 Å². The first-order valence-electron chi connectivity index (χ1n) is 7.84. The first-order valence-corrected chi connectivity index (χ1v) is 8.21. The Labute approximate surface area is 140 Å². The second-order valence-corrected chi connectivity index (χ2v) is 6.32. The molecule has 0 saturated carbocycles. The summed E-state index contributed by atoms with van der Waals surface area (Å²) >= 11 is 6.30. The van der Waals surface area contributed by atoms with E-state index in [1.807, 2.05) is 37.3 Å². The lowest BCUT2D eigenvalue weighted by Gasteiger charge is -2.36. The molecule has 3 rings (SSSR count). The van der Waals surface area contributed by atoms with Crippen molar-refractivity contribution in [2.45, 2.75) is 38.2 Å². The molecule has 2 aromatic rings. The second kappa shape index (κ2) is 6.38. The van der Waals surface area contributed by atoms with Gasteiger partial charge in [-0.1, -0.05) is 35.9 Å². The van der Waals surface area contributed by atoms with Crippen LogP contribution in [0.5, 0.6) is 0 Å². The molecule has 0 spiro atoms. The Morgan fingerprint density at radius 3 is 3.09 bits per heavy atom. The van der Waals surface area contributed by atoms with Gasteiger partial charge in [0.1, 0.15) is 5.60 Å². The van der Waals surface area contributed by atoms with Crippen LogP contribution in [-0.4, -0.2) is 22.7 Å². The number of carbonyl (C=O) groups is 1. The highest BCUT2D eigenvalue weighted by atomic mass is 35.5. The lowest BCUT2D eigenvalue weighted by atomic mass is 9.84. The molecule has 5 heteroatoms. The number of carboxylic acids is 1. The number of aromatic nitrogens is 1. The van der Waals surface area contributed by atoms with Crippen molar-refractivity contribution in [1.82, 2.24) is 4.98 Å². The summed E-state index contributed by atoms with van der Waals surface area (Å²) in [5, 5.41) is 11.1. The maximum absolute atomic E-state index is 11.5. The molecular weight excluding hydrogens is 314 g/mol. The van der Waals surface area contributed by atoms with Gasteiger partial charge in [-0.25, -0.2) is 0 Å². The lowest BCUT2D eigenvalue weighted by molar-refractivity contribution is -0.149. The summed E-state index contributed by atoms with van der Waals surface area (Å²) in [6.45, 7) is 2.48. The highest BCUT2D eigenvalue weighted by Crippen LogP contribution is 2.43. The fourth-order valence-electron chi connectivity index (χ4n) is 3.46. The van der Waals surface area contributed by atoms with Crippen LogP contribution in [0.25, 0.3) is 10.9 Å². The number of carboxylic acid groups (broad SMARTS) is 1. The van der Waals surface area contributed by atoms with Gasteiger partial charge in [-0.05, 0) is 37.8 Å². The second-order valence-electron chi connectivity index (χ2n) is 5.91. The van der Waals surface area contributed by atoms with E-state index in [4.69, 9.17) is 16.3 Å². The summed E-state index contributed by atoms with van der Waals surface area (Å²) in [5.74, 6) is -0.858. The minimum atomic E-state index is -0.858. The van der Waals surface area contributed by atoms with Crippen molar-refractivity contribution >= 4 is 28.5 Å². The highest BCUT2D eigenvalue weighted by molar-refractivity contribution is 6.35. The van der Waals surface area contributed by atoms with E-state index in [0.717, 1.165) is 35.0 Å². The fourth-order valence-corrected chi connectivity index (χ4v) is 3.68. The monoisotopic (exact) mass is 333 g/mol. The van der Waals surface area contributed by atoms with Crippen LogP contribution in [0.15, 0.2) is 30.4 Å². The van der Waals surface area contributed by atoms with Gasteiger partial charge in [0, 0.05) is 5.39 Å². The smallest absolute Gasteiger partial charge is 0.306 e. The Balaban J connectivity index is 2.14. The van der Waals surface area contributed by atoms with Gasteiger partial charge in [-0.15, -0.1) is 0 Å². The van der Waals surface area contributed by atoms with E-state index in [2.05, 4.69) is 4.98 Å². The predicted molar refractivity (Wildman–Crippen MR) is 90.9 cm³/mol. The number of ether oxygens (including phenoxy) is 1. The molecule has 4 nitrogen and oxygen atoms in total. The number of allylic oxidation sites excluding steroid dienone is 2. The van der Waals surface area contributed by atoms with Crippen LogP contribution in [0, 0.1) is 0 Å². The third-order valence-electron chi connectivity index (χ3n) is 4.46. The van der Waals surface area contributed by atoms with Crippen molar-refractivity contribution in [2.75, 3.05) is 6.61 Å². The van der Waals surface area contributed by atoms with Gasteiger partial charge >= 0.3 is 5.97 Å². The van der Waals surface area contributed by atoms with Crippen molar-refractivity contribution in [3.8, 4) is 0 Å². The van der Waals surface area contributed by atoms with Crippen LogP contribution >= 0.6 is 11.6 Å². The molecule has 0 radical (unpaired) electrons. The van der Waals surface area contributed by atoms with Crippen LogP contribution in [0.4, 0.5) is 0 Å². The molecule has 0 aliphatic carbocycles. The number of hydrogen-bond acceptors (Lipinski definition) is 2. The van der Waals surface area contributed by atoms with Crippen LogP contribution in [0.3, 0.4) is 0 Å². The normalized spacial score (nSPS) is 21.0. The number of H-pyrrole nitrogens is 1. The van der Waals surface area contributed by atoms with E-state index in [1.165, 1.54) is 0 Å². The Bertz CT molecular complexity index is 765.